The van der Waals surface area contributed by atoms with Gasteiger partial charge in [0.15, 0.2) is 0 Å². The second-order valence-corrected chi connectivity index (χ2v) is 3.74. The summed E-state index contributed by atoms with van der Waals surface area (Å²) in [6, 6.07) is 6.57. The number of hydrogen-bond acceptors (Lipinski definition) is 2. The highest BCUT2D eigenvalue weighted by Gasteiger charge is 2.12. The maximum atomic E-state index is 13.4. The van der Waals surface area contributed by atoms with Crippen molar-refractivity contribution >= 4 is 0 Å². The summed E-state index contributed by atoms with van der Waals surface area (Å²) in [7, 11) is 0. The fraction of sp³-hybridized carbons (Fsp3) is 0.154. The zero-order chi connectivity index (χ0) is 12.3. The van der Waals surface area contributed by atoms with Gasteiger partial charge >= 0.3 is 0 Å². The van der Waals surface area contributed by atoms with Crippen molar-refractivity contribution in [2.75, 3.05) is 0 Å². The molecule has 0 aliphatic heterocycles. The Kier molecular flexibility index (Phi) is 3.44. The Hall–Kier alpha value is -1.81. The second kappa shape index (κ2) is 5.01. The van der Waals surface area contributed by atoms with Crippen molar-refractivity contribution < 1.29 is 13.9 Å². The number of hydrogen-bond donors (Lipinski definition) is 1. The van der Waals surface area contributed by atoms with Gasteiger partial charge in [0.2, 0.25) is 0 Å². The van der Waals surface area contributed by atoms with Crippen LogP contribution in [0.4, 0.5) is 8.78 Å². The number of halogens is 2. The fourth-order valence-corrected chi connectivity index (χ4v) is 1.60. The van der Waals surface area contributed by atoms with Crippen LogP contribution in [0.1, 0.15) is 17.2 Å². The Morgan fingerprint density at radius 1 is 1.24 bits per heavy atom. The molecule has 2 aromatic rings. The lowest BCUT2D eigenvalue weighted by Gasteiger charge is -2.11. The molecule has 1 unspecified atom stereocenters. The molecule has 0 saturated carbocycles. The molecule has 2 rings (SSSR count). The van der Waals surface area contributed by atoms with E-state index >= 15 is 0 Å². The molecule has 1 heterocycles. The third-order valence-electron chi connectivity index (χ3n) is 2.49. The average molecular weight is 235 g/mol. The van der Waals surface area contributed by atoms with E-state index in [-0.39, 0.29) is 12.0 Å². The molecule has 0 spiro atoms. The van der Waals surface area contributed by atoms with Crippen LogP contribution >= 0.6 is 0 Å². The van der Waals surface area contributed by atoms with Crippen molar-refractivity contribution in [1.29, 1.82) is 0 Å². The molecule has 0 aliphatic rings. The van der Waals surface area contributed by atoms with Crippen LogP contribution in [0.15, 0.2) is 42.7 Å². The van der Waals surface area contributed by atoms with E-state index in [0.717, 1.165) is 18.2 Å². The quantitative estimate of drug-likeness (QED) is 0.887. The highest BCUT2D eigenvalue weighted by Crippen LogP contribution is 2.19. The number of nitrogens with zero attached hydrogens (tertiary/aromatic N) is 1. The van der Waals surface area contributed by atoms with Gasteiger partial charge in [-0.25, -0.2) is 8.78 Å². The van der Waals surface area contributed by atoms with Gasteiger partial charge in [0.1, 0.15) is 11.6 Å². The van der Waals surface area contributed by atoms with E-state index in [1.165, 1.54) is 6.20 Å². The molecule has 1 atom stereocenters. The van der Waals surface area contributed by atoms with Gasteiger partial charge < -0.3 is 5.11 Å². The molecule has 0 saturated heterocycles. The van der Waals surface area contributed by atoms with Crippen LogP contribution in [0, 0.1) is 11.6 Å². The lowest BCUT2D eigenvalue weighted by Crippen LogP contribution is -2.04. The third-order valence-corrected chi connectivity index (χ3v) is 2.49. The van der Waals surface area contributed by atoms with Crippen LogP contribution in [0.2, 0.25) is 0 Å². The Morgan fingerprint density at radius 3 is 2.76 bits per heavy atom. The van der Waals surface area contributed by atoms with Gasteiger partial charge in [0.05, 0.1) is 6.10 Å². The molecule has 1 aromatic carbocycles. The van der Waals surface area contributed by atoms with Gasteiger partial charge in [-0.15, -0.1) is 0 Å². The van der Waals surface area contributed by atoms with Gasteiger partial charge in [-0.1, -0.05) is 6.07 Å². The molecule has 88 valence electrons. The zero-order valence-electron chi connectivity index (χ0n) is 8.98. The van der Waals surface area contributed by atoms with E-state index in [4.69, 9.17) is 0 Å². The minimum atomic E-state index is -0.889. The summed E-state index contributed by atoms with van der Waals surface area (Å²) in [4.78, 5) is 3.86. The van der Waals surface area contributed by atoms with Crippen molar-refractivity contribution in [1.82, 2.24) is 4.98 Å². The van der Waals surface area contributed by atoms with Crippen molar-refractivity contribution in [3.63, 3.8) is 0 Å². The largest absolute Gasteiger partial charge is 0.388 e. The van der Waals surface area contributed by atoms with Crippen LogP contribution in [0.5, 0.6) is 0 Å². The van der Waals surface area contributed by atoms with E-state index in [1.807, 2.05) is 0 Å². The summed E-state index contributed by atoms with van der Waals surface area (Å²) in [6.07, 6.45) is 2.22. The van der Waals surface area contributed by atoms with Crippen LogP contribution in [-0.2, 0) is 6.42 Å². The molecular weight excluding hydrogens is 224 g/mol. The molecular formula is C13H11F2NO. The summed E-state index contributed by atoms with van der Waals surface area (Å²) in [6.45, 7) is 0. The topological polar surface area (TPSA) is 33.1 Å². The van der Waals surface area contributed by atoms with Crippen molar-refractivity contribution in [3.05, 3.63) is 65.5 Å². The van der Waals surface area contributed by atoms with Gasteiger partial charge in [0, 0.05) is 18.8 Å². The van der Waals surface area contributed by atoms with E-state index < -0.39 is 17.7 Å². The summed E-state index contributed by atoms with van der Waals surface area (Å²) in [5, 5.41) is 9.86. The average Bonchev–Trinajstić information content (AvgIpc) is 2.35. The Labute approximate surface area is 97.6 Å². The first kappa shape index (κ1) is 11.7. The summed E-state index contributed by atoms with van der Waals surface area (Å²) in [5.41, 5.74) is 0.734. The number of pyridine rings is 1. The van der Waals surface area contributed by atoms with E-state index in [0.29, 0.717) is 5.56 Å². The van der Waals surface area contributed by atoms with Gasteiger partial charge in [-0.3, -0.25) is 4.98 Å². The molecule has 0 bridgehead atoms. The van der Waals surface area contributed by atoms with Crippen LogP contribution in [0.3, 0.4) is 0 Å². The van der Waals surface area contributed by atoms with E-state index in [9.17, 15) is 13.9 Å². The molecule has 0 radical (unpaired) electrons. The lowest BCUT2D eigenvalue weighted by molar-refractivity contribution is 0.176. The standard InChI is InChI=1S/C13H11F2NO/c14-11-3-4-12(15)10(6-11)7-13(17)9-2-1-5-16-8-9/h1-6,8,13,17H,7H2. The Balaban J connectivity index is 2.18. The maximum Gasteiger partial charge on any atom is 0.126 e. The predicted octanol–water partition coefficient (Wildman–Crippen LogP) is 2.64. The van der Waals surface area contributed by atoms with Crippen LogP contribution in [0.25, 0.3) is 0 Å². The number of aromatic nitrogens is 1. The molecule has 1 N–H and O–H groups in total. The molecule has 0 amide bonds. The van der Waals surface area contributed by atoms with Crippen LogP contribution < -0.4 is 0 Å². The third kappa shape index (κ3) is 2.85. The summed E-state index contributed by atoms with van der Waals surface area (Å²) < 4.78 is 26.3. The number of rotatable bonds is 3. The number of aliphatic hydroxyl groups is 1. The number of benzene rings is 1. The molecule has 0 aliphatic carbocycles. The zero-order valence-corrected chi connectivity index (χ0v) is 8.98. The smallest absolute Gasteiger partial charge is 0.126 e. The molecule has 0 fully saturated rings. The SMILES string of the molecule is OC(Cc1cc(F)ccc1F)c1cccnc1. The Morgan fingerprint density at radius 2 is 2.06 bits per heavy atom. The second-order valence-electron chi connectivity index (χ2n) is 3.74. The first-order valence-electron chi connectivity index (χ1n) is 5.19. The monoisotopic (exact) mass is 235 g/mol. The molecule has 1 aromatic heterocycles. The lowest BCUT2D eigenvalue weighted by atomic mass is 10.0. The first-order chi connectivity index (χ1) is 8.16. The predicted molar refractivity (Wildman–Crippen MR) is 59.3 cm³/mol. The van der Waals surface area contributed by atoms with Gasteiger partial charge in [-0.05, 0) is 35.4 Å². The first-order valence-corrected chi connectivity index (χ1v) is 5.19. The summed E-state index contributed by atoms with van der Waals surface area (Å²) in [5.74, 6) is -1.03. The van der Waals surface area contributed by atoms with E-state index in [1.54, 1.807) is 18.3 Å². The number of aliphatic hydroxyl groups excluding tert-OH is 1. The van der Waals surface area contributed by atoms with Crippen molar-refractivity contribution in [2.45, 2.75) is 12.5 Å². The van der Waals surface area contributed by atoms with Crippen molar-refractivity contribution in [2.24, 2.45) is 0 Å². The Bertz CT molecular complexity index is 502. The minimum absolute atomic E-state index is 0.0231. The van der Waals surface area contributed by atoms with Crippen LogP contribution in [-0.4, -0.2) is 10.1 Å². The molecule has 17 heavy (non-hydrogen) atoms. The van der Waals surface area contributed by atoms with Gasteiger partial charge in [0.25, 0.3) is 0 Å². The van der Waals surface area contributed by atoms with Crippen molar-refractivity contribution in [3.8, 4) is 0 Å². The minimum Gasteiger partial charge on any atom is -0.388 e. The maximum absolute atomic E-state index is 13.4. The highest BCUT2D eigenvalue weighted by molar-refractivity contribution is 5.22. The normalized spacial score (nSPS) is 12.4. The fourth-order valence-electron chi connectivity index (χ4n) is 1.60. The highest BCUT2D eigenvalue weighted by atomic mass is 19.1. The molecule has 2 nitrogen and oxygen atoms in total. The summed E-state index contributed by atoms with van der Waals surface area (Å²) >= 11 is 0. The molecule has 4 heteroatoms. The van der Waals surface area contributed by atoms with Gasteiger partial charge in [-0.2, -0.15) is 0 Å². The van der Waals surface area contributed by atoms with E-state index in [2.05, 4.69) is 4.98 Å².